The van der Waals surface area contributed by atoms with Crippen LogP contribution in [0.2, 0.25) is 0 Å². The van der Waals surface area contributed by atoms with E-state index >= 15 is 0 Å². The van der Waals surface area contributed by atoms with Crippen LogP contribution in [0.3, 0.4) is 0 Å². The van der Waals surface area contributed by atoms with Gasteiger partial charge in [-0.3, -0.25) is 4.99 Å². The molecule has 2 N–H and O–H groups in total. The maximum Gasteiger partial charge on any atom is 0.390 e. The molecule has 1 aliphatic rings. The second-order valence-electron chi connectivity index (χ2n) is 5.43. The number of nitrogens with zero attached hydrogens (tertiary/aromatic N) is 1. The van der Waals surface area contributed by atoms with E-state index in [2.05, 4.69) is 15.6 Å². The summed E-state index contributed by atoms with van der Waals surface area (Å²) >= 11 is 0. The van der Waals surface area contributed by atoms with Gasteiger partial charge >= 0.3 is 6.18 Å². The Bertz CT molecular complexity index is 334. The Labute approximate surface area is 147 Å². The highest BCUT2D eigenvalue weighted by Gasteiger charge is 2.41. The molecule has 0 heterocycles. The fraction of sp³-hybridized carbons (Fsp3) is 0.929. The van der Waals surface area contributed by atoms with Crippen LogP contribution in [0.5, 0.6) is 0 Å². The minimum absolute atomic E-state index is 0. The lowest BCUT2D eigenvalue weighted by Gasteiger charge is -2.16. The van der Waals surface area contributed by atoms with Gasteiger partial charge in [0.25, 0.3) is 0 Å². The molecule has 132 valence electrons. The SMILES string of the molecule is CCNC(=NCC1(CCOCC)CC1)NCCC(F)(F)F.I. The molecule has 0 bridgehead atoms. The van der Waals surface area contributed by atoms with Gasteiger partial charge in [0, 0.05) is 32.8 Å². The summed E-state index contributed by atoms with van der Waals surface area (Å²) in [5, 5.41) is 5.71. The number of alkyl halides is 3. The van der Waals surface area contributed by atoms with Crippen LogP contribution < -0.4 is 10.6 Å². The van der Waals surface area contributed by atoms with Gasteiger partial charge in [-0.15, -0.1) is 24.0 Å². The highest BCUT2D eigenvalue weighted by molar-refractivity contribution is 14.0. The molecule has 0 saturated heterocycles. The van der Waals surface area contributed by atoms with Crippen molar-refractivity contribution in [2.45, 2.75) is 45.7 Å². The zero-order chi connectivity index (χ0) is 15.8. The Hall–Kier alpha value is -0.250. The minimum Gasteiger partial charge on any atom is -0.382 e. The van der Waals surface area contributed by atoms with Gasteiger partial charge in [0.05, 0.1) is 6.42 Å². The molecule has 0 radical (unpaired) electrons. The first kappa shape index (κ1) is 21.8. The third-order valence-electron chi connectivity index (χ3n) is 3.56. The van der Waals surface area contributed by atoms with Crippen molar-refractivity contribution in [1.29, 1.82) is 0 Å². The van der Waals surface area contributed by atoms with Crippen LogP contribution in [-0.4, -0.2) is 45.0 Å². The van der Waals surface area contributed by atoms with Crippen LogP contribution in [0.25, 0.3) is 0 Å². The van der Waals surface area contributed by atoms with Gasteiger partial charge < -0.3 is 15.4 Å². The van der Waals surface area contributed by atoms with E-state index < -0.39 is 12.6 Å². The molecule has 0 aliphatic heterocycles. The fourth-order valence-electron chi connectivity index (χ4n) is 2.01. The molecule has 1 aliphatic carbocycles. The largest absolute Gasteiger partial charge is 0.390 e. The van der Waals surface area contributed by atoms with Crippen molar-refractivity contribution in [2.75, 3.05) is 32.8 Å². The average molecular weight is 437 g/mol. The molecule has 0 aromatic heterocycles. The van der Waals surface area contributed by atoms with Gasteiger partial charge in [-0.05, 0) is 38.5 Å². The zero-order valence-corrected chi connectivity index (χ0v) is 15.6. The number of nitrogens with one attached hydrogen (secondary N) is 2. The molecule has 0 spiro atoms. The molecule has 0 aromatic rings. The number of guanidine groups is 1. The van der Waals surface area contributed by atoms with Crippen molar-refractivity contribution in [3.8, 4) is 0 Å². The summed E-state index contributed by atoms with van der Waals surface area (Å²) in [4.78, 5) is 4.42. The highest BCUT2D eigenvalue weighted by atomic mass is 127. The first-order valence-electron chi connectivity index (χ1n) is 7.57. The molecule has 1 fully saturated rings. The second-order valence-corrected chi connectivity index (χ2v) is 5.43. The lowest BCUT2D eigenvalue weighted by Crippen LogP contribution is -2.39. The highest BCUT2D eigenvalue weighted by Crippen LogP contribution is 2.48. The Morgan fingerprint density at radius 3 is 2.41 bits per heavy atom. The molecule has 0 amide bonds. The maximum atomic E-state index is 12.1. The summed E-state index contributed by atoms with van der Waals surface area (Å²) in [5.41, 5.74) is 0.196. The van der Waals surface area contributed by atoms with Gasteiger partial charge in [-0.2, -0.15) is 13.2 Å². The first-order valence-corrected chi connectivity index (χ1v) is 7.57. The van der Waals surface area contributed by atoms with Gasteiger partial charge in [0.1, 0.15) is 0 Å². The molecular weight excluding hydrogens is 410 g/mol. The molecule has 0 aromatic carbocycles. The number of ether oxygens (including phenoxy) is 1. The summed E-state index contributed by atoms with van der Waals surface area (Å²) in [7, 11) is 0. The molecule has 8 heteroatoms. The summed E-state index contributed by atoms with van der Waals surface area (Å²) < 4.78 is 41.8. The topological polar surface area (TPSA) is 45.7 Å². The molecule has 22 heavy (non-hydrogen) atoms. The fourth-order valence-corrected chi connectivity index (χ4v) is 2.01. The number of hydrogen-bond donors (Lipinski definition) is 2. The van der Waals surface area contributed by atoms with Crippen molar-refractivity contribution in [1.82, 2.24) is 10.6 Å². The zero-order valence-electron chi connectivity index (χ0n) is 13.3. The number of aliphatic imine (C=N–C) groups is 1. The molecule has 0 unspecified atom stereocenters. The first-order chi connectivity index (χ1) is 9.91. The number of halogens is 4. The molecular formula is C14H27F3IN3O. The third-order valence-corrected chi connectivity index (χ3v) is 3.56. The lowest BCUT2D eigenvalue weighted by atomic mass is 10.0. The van der Waals surface area contributed by atoms with E-state index in [1.807, 2.05) is 13.8 Å². The maximum absolute atomic E-state index is 12.1. The van der Waals surface area contributed by atoms with Crippen LogP contribution >= 0.6 is 24.0 Å². The van der Waals surface area contributed by atoms with E-state index in [0.717, 1.165) is 25.9 Å². The Morgan fingerprint density at radius 2 is 1.91 bits per heavy atom. The van der Waals surface area contributed by atoms with Crippen molar-refractivity contribution >= 4 is 29.9 Å². The third kappa shape index (κ3) is 9.70. The van der Waals surface area contributed by atoms with Crippen LogP contribution in [0.1, 0.15) is 39.5 Å². The Morgan fingerprint density at radius 1 is 1.23 bits per heavy atom. The van der Waals surface area contributed by atoms with E-state index in [-0.39, 0.29) is 35.9 Å². The monoisotopic (exact) mass is 437 g/mol. The van der Waals surface area contributed by atoms with Gasteiger partial charge in [0.15, 0.2) is 5.96 Å². The Balaban J connectivity index is 0.00000441. The normalized spacial score (nSPS) is 16.9. The van der Waals surface area contributed by atoms with Crippen LogP contribution in [0.15, 0.2) is 4.99 Å². The van der Waals surface area contributed by atoms with Gasteiger partial charge in [0.2, 0.25) is 0 Å². The standard InChI is InChI=1S/C14H26F3N3O.HI/c1-3-18-12(19-9-7-14(15,16)17)20-11-13(5-6-13)8-10-21-4-2;/h3-11H2,1-2H3,(H2,18,19,20);1H. The van der Waals surface area contributed by atoms with E-state index in [9.17, 15) is 13.2 Å². The lowest BCUT2D eigenvalue weighted by molar-refractivity contribution is -0.132. The summed E-state index contributed by atoms with van der Waals surface area (Å²) in [5.74, 6) is 0.462. The van der Waals surface area contributed by atoms with Crippen molar-refractivity contribution < 1.29 is 17.9 Å². The summed E-state index contributed by atoms with van der Waals surface area (Å²) in [6.07, 6.45) is -1.80. The van der Waals surface area contributed by atoms with Gasteiger partial charge in [-0.25, -0.2) is 0 Å². The van der Waals surface area contributed by atoms with Crippen molar-refractivity contribution in [2.24, 2.45) is 10.4 Å². The molecule has 1 rings (SSSR count). The van der Waals surface area contributed by atoms with E-state index in [4.69, 9.17) is 4.74 Å². The van der Waals surface area contributed by atoms with Gasteiger partial charge in [-0.1, -0.05) is 0 Å². The Kier molecular flexibility index (Phi) is 10.4. The summed E-state index contributed by atoms with van der Waals surface area (Å²) in [6.45, 7) is 6.41. The van der Waals surface area contributed by atoms with E-state index in [1.54, 1.807) is 0 Å². The molecule has 0 atom stereocenters. The van der Waals surface area contributed by atoms with Crippen molar-refractivity contribution in [3.05, 3.63) is 0 Å². The average Bonchev–Trinajstić information content (AvgIpc) is 3.15. The minimum atomic E-state index is -4.14. The predicted molar refractivity (Wildman–Crippen MR) is 92.8 cm³/mol. The van der Waals surface area contributed by atoms with Crippen LogP contribution in [0.4, 0.5) is 13.2 Å². The molecule has 4 nitrogen and oxygen atoms in total. The van der Waals surface area contributed by atoms with Crippen LogP contribution in [-0.2, 0) is 4.74 Å². The van der Waals surface area contributed by atoms with E-state index in [0.29, 0.717) is 25.7 Å². The predicted octanol–water partition coefficient (Wildman–Crippen LogP) is 3.32. The smallest absolute Gasteiger partial charge is 0.382 e. The van der Waals surface area contributed by atoms with Crippen LogP contribution in [0, 0.1) is 5.41 Å². The quantitative estimate of drug-likeness (QED) is 0.252. The summed E-state index contributed by atoms with van der Waals surface area (Å²) in [6, 6.07) is 0. The van der Waals surface area contributed by atoms with Crippen molar-refractivity contribution in [3.63, 3.8) is 0 Å². The second kappa shape index (κ2) is 10.5. The van der Waals surface area contributed by atoms with E-state index in [1.165, 1.54) is 0 Å². The number of rotatable bonds is 9. The molecule has 1 saturated carbocycles. The number of hydrogen-bond acceptors (Lipinski definition) is 2.